The van der Waals surface area contributed by atoms with E-state index in [9.17, 15) is 30.0 Å². The van der Waals surface area contributed by atoms with Gasteiger partial charge in [0.2, 0.25) is 5.91 Å². The van der Waals surface area contributed by atoms with Crippen LogP contribution in [0.4, 0.5) is 0 Å². The molecule has 2 amide bonds. The topological polar surface area (TPSA) is 158 Å². The quantitative estimate of drug-likeness (QED) is 0.0915. The highest BCUT2D eigenvalue weighted by atomic mass is 16.5. The van der Waals surface area contributed by atoms with Crippen LogP contribution in [-0.4, -0.2) is 59.5 Å². The highest BCUT2D eigenvalue weighted by molar-refractivity contribution is 6.25. The van der Waals surface area contributed by atoms with Crippen LogP contribution in [0.2, 0.25) is 0 Å². The molecule has 0 aliphatic heterocycles. The van der Waals surface area contributed by atoms with E-state index in [4.69, 9.17) is 9.47 Å². The van der Waals surface area contributed by atoms with Crippen molar-refractivity contribution >= 4 is 29.5 Å². The van der Waals surface area contributed by atoms with Crippen LogP contribution in [0.5, 0.6) is 34.5 Å². The molecule has 4 aromatic rings. The van der Waals surface area contributed by atoms with Crippen LogP contribution in [0.25, 0.3) is 17.7 Å². The molecular weight excluding hydrogens is 588 g/mol. The molecule has 0 fully saturated rings. The fraction of sp³-hybridized carbons (Fsp3) is 0.167. The van der Waals surface area contributed by atoms with Gasteiger partial charge in [0.15, 0.2) is 23.0 Å². The van der Waals surface area contributed by atoms with Crippen molar-refractivity contribution in [3.8, 4) is 34.5 Å². The van der Waals surface area contributed by atoms with Crippen molar-refractivity contribution in [2.24, 2.45) is 0 Å². The van der Waals surface area contributed by atoms with E-state index in [2.05, 4.69) is 10.6 Å². The number of carbonyl (C=O) groups excluding carboxylic acids is 2. The Morgan fingerprint density at radius 3 is 1.85 bits per heavy atom. The molecule has 4 rings (SSSR count). The van der Waals surface area contributed by atoms with Crippen LogP contribution < -0.4 is 20.1 Å². The van der Waals surface area contributed by atoms with E-state index < -0.39 is 5.91 Å². The Kier molecular flexibility index (Phi) is 11.3. The molecule has 0 heterocycles. The second-order valence-corrected chi connectivity index (χ2v) is 10.3. The summed E-state index contributed by atoms with van der Waals surface area (Å²) in [4.78, 5) is 26.2. The molecule has 0 aromatic heterocycles. The maximum Gasteiger partial charge on any atom is 0.252 e. The summed E-state index contributed by atoms with van der Waals surface area (Å²) in [6.07, 6.45) is 5.51. The first-order valence-corrected chi connectivity index (χ1v) is 14.5. The van der Waals surface area contributed by atoms with Gasteiger partial charge in [-0.15, -0.1) is 0 Å². The van der Waals surface area contributed by atoms with Gasteiger partial charge in [-0.25, -0.2) is 0 Å². The molecule has 10 nitrogen and oxygen atoms in total. The third-order valence-electron chi connectivity index (χ3n) is 7.08. The molecule has 0 bridgehead atoms. The molecule has 46 heavy (non-hydrogen) atoms. The van der Waals surface area contributed by atoms with Crippen molar-refractivity contribution in [3.63, 3.8) is 0 Å². The van der Waals surface area contributed by atoms with Crippen LogP contribution in [0.3, 0.4) is 0 Å². The number of carbonyl (C=O) groups is 2. The van der Waals surface area contributed by atoms with E-state index in [0.717, 1.165) is 11.1 Å². The van der Waals surface area contributed by atoms with E-state index in [0.29, 0.717) is 30.5 Å². The molecule has 238 valence electrons. The lowest BCUT2D eigenvalue weighted by molar-refractivity contribution is -0.116. The Bertz CT molecular complexity index is 1730. The number of methoxy groups -OCH3 is 2. The minimum absolute atomic E-state index is 0.0717. The third kappa shape index (κ3) is 9.06. The number of aromatic hydroxyl groups is 4. The van der Waals surface area contributed by atoms with Crippen LogP contribution in [0.15, 0.2) is 84.9 Å². The van der Waals surface area contributed by atoms with E-state index in [1.807, 2.05) is 0 Å². The highest BCUT2D eigenvalue weighted by Crippen LogP contribution is 2.38. The number of hydrogen-bond acceptors (Lipinski definition) is 8. The third-order valence-corrected chi connectivity index (χ3v) is 7.08. The minimum Gasteiger partial charge on any atom is -0.508 e. The minimum atomic E-state index is -0.490. The van der Waals surface area contributed by atoms with Crippen LogP contribution >= 0.6 is 0 Å². The molecular formula is C36H36N2O8. The number of rotatable bonds is 13. The van der Waals surface area contributed by atoms with Gasteiger partial charge in [-0.2, -0.15) is 0 Å². The Morgan fingerprint density at radius 2 is 1.26 bits per heavy atom. The average molecular weight is 625 g/mol. The van der Waals surface area contributed by atoms with Gasteiger partial charge in [-0.05, 0) is 95.8 Å². The van der Waals surface area contributed by atoms with Crippen molar-refractivity contribution in [1.82, 2.24) is 10.6 Å². The predicted octanol–water partition coefficient (Wildman–Crippen LogP) is 4.80. The molecule has 0 spiro atoms. The molecule has 6 N–H and O–H groups in total. The number of nitrogens with one attached hydrogen (secondary N) is 2. The molecule has 4 aromatic carbocycles. The molecule has 0 atom stereocenters. The summed E-state index contributed by atoms with van der Waals surface area (Å²) < 4.78 is 10.6. The number of ether oxygens (including phenoxy) is 2. The first-order chi connectivity index (χ1) is 22.2. The van der Waals surface area contributed by atoms with Crippen molar-refractivity contribution in [1.29, 1.82) is 0 Å². The molecule has 10 heteroatoms. The van der Waals surface area contributed by atoms with Gasteiger partial charge in [0.05, 0.1) is 19.8 Å². The molecule has 0 unspecified atom stereocenters. The molecule has 0 radical (unpaired) electrons. The predicted molar refractivity (Wildman–Crippen MR) is 176 cm³/mol. The second-order valence-electron chi connectivity index (χ2n) is 10.3. The fourth-order valence-electron chi connectivity index (χ4n) is 4.60. The number of hydrogen-bond donors (Lipinski definition) is 6. The summed E-state index contributed by atoms with van der Waals surface area (Å²) in [5.74, 6) is -0.561. The number of amides is 2. The van der Waals surface area contributed by atoms with Crippen LogP contribution in [-0.2, 0) is 22.4 Å². The lowest BCUT2D eigenvalue weighted by Gasteiger charge is -2.15. The molecule has 0 saturated carbocycles. The van der Waals surface area contributed by atoms with Gasteiger partial charge in [0.1, 0.15) is 11.5 Å². The largest absolute Gasteiger partial charge is 0.508 e. The molecule has 0 aliphatic carbocycles. The van der Waals surface area contributed by atoms with Gasteiger partial charge in [0.25, 0.3) is 5.91 Å². The number of phenolic OH excluding ortho intramolecular Hbond substituents is 4. The summed E-state index contributed by atoms with van der Waals surface area (Å²) >= 11 is 0. The SMILES string of the molecule is COc1cc(C=C(C(=O)NCCc2ccc(O)cc2)c2cc(C=CC(=O)NCCc3ccc(O)cc3)cc(OC)c2O)ccc1O. The first-order valence-electron chi connectivity index (χ1n) is 14.5. The average Bonchev–Trinajstić information content (AvgIpc) is 3.05. The maximum atomic E-state index is 13.6. The zero-order chi connectivity index (χ0) is 33.1. The maximum absolute atomic E-state index is 13.6. The summed E-state index contributed by atoms with van der Waals surface area (Å²) in [7, 11) is 2.80. The number of phenols is 4. The lowest BCUT2D eigenvalue weighted by atomic mass is 9.97. The summed E-state index contributed by atoms with van der Waals surface area (Å²) in [6, 6.07) is 21.1. The molecule has 0 aliphatic rings. The lowest BCUT2D eigenvalue weighted by Crippen LogP contribution is -2.26. The molecule has 0 saturated heterocycles. The van der Waals surface area contributed by atoms with E-state index in [-0.39, 0.29) is 58.1 Å². The Hall–Kier alpha value is -5.90. The van der Waals surface area contributed by atoms with Crippen LogP contribution in [0.1, 0.15) is 27.8 Å². The van der Waals surface area contributed by atoms with Crippen molar-refractivity contribution in [3.05, 3.63) is 113 Å². The van der Waals surface area contributed by atoms with E-state index in [1.54, 1.807) is 84.9 Å². The zero-order valence-corrected chi connectivity index (χ0v) is 25.5. The summed E-state index contributed by atoms with van der Waals surface area (Å²) in [5.41, 5.74) is 3.13. The fourth-order valence-corrected chi connectivity index (χ4v) is 4.60. The van der Waals surface area contributed by atoms with Gasteiger partial charge in [-0.3, -0.25) is 9.59 Å². The highest BCUT2D eigenvalue weighted by Gasteiger charge is 2.20. The number of benzene rings is 4. The normalized spacial score (nSPS) is 11.3. The van der Waals surface area contributed by atoms with Gasteiger partial charge < -0.3 is 40.5 Å². The summed E-state index contributed by atoms with van der Waals surface area (Å²) in [6.45, 7) is 0.646. The van der Waals surface area contributed by atoms with E-state index >= 15 is 0 Å². The van der Waals surface area contributed by atoms with Gasteiger partial charge >= 0.3 is 0 Å². The van der Waals surface area contributed by atoms with Crippen molar-refractivity contribution in [2.45, 2.75) is 12.8 Å². The standard InChI is InChI=1S/C36H36N2O8/c1-45-32-21-25(7-13-31(32)41)20-30(36(44)38-18-16-24-5-11-28(40)12-6-24)29-19-26(22-33(46-2)35(29)43)8-14-34(42)37-17-15-23-3-9-27(39)10-4-23/h3-14,19-22,39-41,43H,15-18H2,1-2H3,(H,37,42)(H,38,44). The smallest absolute Gasteiger partial charge is 0.252 e. The van der Waals surface area contributed by atoms with E-state index in [1.165, 1.54) is 26.4 Å². The zero-order valence-electron chi connectivity index (χ0n) is 25.5. The Morgan fingerprint density at radius 1 is 0.696 bits per heavy atom. The van der Waals surface area contributed by atoms with Crippen molar-refractivity contribution in [2.75, 3.05) is 27.3 Å². The summed E-state index contributed by atoms with van der Waals surface area (Å²) in [5, 5.41) is 45.9. The van der Waals surface area contributed by atoms with Crippen molar-refractivity contribution < 1.29 is 39.5 Å². The van der Waals surface area contributed by atoms with Gasteiger partial charge in [0, 0.05) is 24.7 Å². The van der Waals surface area contributed by atoms with Crippen LogP contribution in [0, 0.1) is 0 Å². The Balaban J connectivity index is 1.60. The monoisotopic (exact) mass is 624 g/mol. The van der Waals surface area contributed by atoms with Gasteiger partial charge in [-0.1, -0.05) is 30.3 Å². The first kappa shape index (κ1) is 33.0. The second kappa shape index (κ2) is 15.7. The Labute approximate surface area is 266 Å².